The third-order valence-electron chi connectivity index (χ3n) is 5.18. The summed E-state index contributed by atoms with van der Waals surface area (Å²) in [5.74, 6) is 0.821. The van der Waals surface area contributed by atoms with Crippen molar-refractivity contribution >= 4 is 23.3 Å². The van der Waals surface area contributed by atoms with Crippen LogP contribution in [0.15, 0.2) is 42.0 Å². The maximum Gasteiger partial charge on any atom is 0.197 e. The van der Waals surface area contributed by atoms with E-state index in [0.29, 0.717) is 28.2 Å². The molecule has 0 aromatic heterocycles. The third-order valence-corrected chi connectivity index (χ3v) is 5.18. The van der Waals surface area contributed by atoms with Crippen LogP contribution in [-0.4, -0.2) is 38.9 Å². The second-order valence-corrected chi connectivity index (χ2v) is 6.72. The summed E-state index contributed by atoms with van der Waals surface area (Å²) < 4.78 is 11.1. The number of rotatable bonds is 4. The Morgan fingerprint density at radius 3 is 2.04 bits per heavy atom. The van der Waals surface area contributed by atoms with E-state index in [-0.39, 0.29) is 17.1 Å². The molecule has 27 heavy (non-hydrogen) atoms. The Balaban J connectivity index is 1.79. The fourth-order valence-corrected chi connectivity index (χ4v) is 3.78. The molecular formula is C22H21NO4. The van der Waals surface area contributed by atoms with Gasteiger partial charge < -0.3 is 14.4 Å². The second kappa shape index (κ2) is 6.91. The summed E-state index contributed by atoms with van der Waals surface area (Å²) in [6, 6.07) is 10.7. The maximum absolute atomic E-state index is 12.7. The van der Waals surface area contributed by atoms with E-state index in [0.717, 1.165) is 31.6 Å². The van der Waals surface area contributed by atoms with Crippen LogP contribution >= 0.6 is 0 Å². The number of hydrogen-bond acceptors (Lipinski definition) is 5. The van der Waals surface area contributed by atoms with Crippen LogP contribution in [0.25, 0.3) is 6.08 Å². The fraction of sp³-hybridized carbons (Fsp3) is 0.273. The molecule has 0 unspecified atom stereocenters. The van der Waals surface area contributed by atoms with Gasteiger partial charge in [0.15, 0.2) is 11.6 Å². The van der Waals surface area contributed by atoms with Crippen LogP contribution in [0.1, 0.15) is 39.1 Å². The number of carbonyl (C=O) groups is 2. The van der Waals surface area contributed by atoms with Crippen molar-refractivity contribution in [3.05, 3.63) is 58.7 Å². The summed E-state index contributed by atoms with van der Waals surface area (Å²) in [6.45, 7) is 1.96. The van der Waals surface area contributed by atoms with Crippen LogP contribution in [0.3, 0.4) is 0 Å². The Hall–Kier alpha value is -3.08. The molecular weight excluding hydrogens is 342 g/mol. The van der Waals surface area contributed by atoms with Gasteiger partial charge in [0.25, 0.3) is 0 Å². The van der Waals surface area contributed by atoms with Crippen molar-refractivity contribution in [2.24, 2.45) is 0 Å². The Bertz CT molecular complexity index is 918. The Labute approximate surface area is 158 Å². The number of benzene rings is 2. The molecule has 2 aromatic rings. The second-order valence-electron chi connectivity index (χ2n) is 6.72. The number of anilines is 1. The molecule has 1 saturated heterocycles. The quantitative estimate of drug-likeness (QED) is 0.611. The van der Waals surface area contributed by atoms with Crippen LogP contribution in [0, 0.1) is 0 Å². The summed E-state index contributed by atoms with van der Waals surface area (Å²) in [5, 5.41) is 0. The average molecular weight is 363 g/mol. The SMILES string of the molecule is COc1cc(N2CCCC2)c(OC)cc1C=C1C(=O)c2ccccc2C1=O. The smallest absolute Gasteiger partial charge is 0.197 e. The first-order chi connectivity index (χ1) is 13.1. The van der Waals surface area contributed by atoms with Crippen LogP contribution in [0.4, 0.5) is 5.69 Å². The van der Waals surface area contributed by atoms with Crippen LogP contribution in [-0.2, 0) is 0 Å². The van der Waals surface area contributed by atoms with Gasteiger partial charge in [0.2, 0.25) is 0 Å². The molecule has 5 heteroatoms. The van der Waals surface area contributed by atoms with E-state index in [1.807, 2.05) is 12.1 Å². The lowest BCUT2D eigenvalue weighted by Crippen LogP contribution is -2.18. The minimum absolute atomic E-state index is 0.158. The molecule has 0 atom stereocenters. The molecule has 5 nitrogen and oxygen atoms in total. The number of hydrogen-bond donors (Lipinski definition) is 0. The molecule has 1 aliphatic heterocycles. The maximum atomic E-state index is 12.7. The molecule has 0 amide bonds. The highest BCUT2D eigenvalue weighted by atomic mass is 16.5. The fourth-order valence-electron chi connectivity index (χ4n) is 3.78. The molecule has 0 bridgehead atoms. The van der Waals surface area contributed by atoms with E-state index < -0.39 is 0 Å². The van der Waals surface area contributed by atoms with E-state index in [2.05, 4.69) is 4.90 Å². The third kappa shape index (κ3) is 2.89. The number of nitrogens with zero attached hydrogens (tertiary/aromatic N) is 1. The van der Waals surface area contributed by atoms with Crippen molar-refractivity contribution in [3.8, 4) is 11.5 Å². The number of ether oxygens (including phenoxy) is 2. The van der Waals surface area contributed by atoms with Crippen molar-refractivity contribution in [1.82, 2.24) is 0 Å². The van der Waals surface area contributed by atoms with E-state index in [9.17, 15) is 9.59 Å². The largest absolute Gasteiger partial charge is 0.496 e. The average Bonchev–Trinajstić information content (AvgIpc) is 3.31. The van der Waals surface area contributed by atoms with E-state index in [4.69, 9.17) is 9.47 Å². The Kier molecular flexibility index (Phi) is 4.44. The lowest BCUT2D eigenvalue weighted by atomic mass is 10.0. The van der Waals surface area contributed by atoms with Gasteiger partial charge in [-0.25, -0.2) is 0 Å². The first-order valence-electron chi connectivity index (χ1n) is 9.05. The van der Waals surface area contributed by atoms with E-state index in [1.54, 1.807) is 44.6 Å². The zero-order chi connectivity index (χ0) is 19.0. The van der Waals surface area contributed by atoms with E-state index in [1.165, 1.54) is 0 Å². The molecule has 1 heterocycles. The van der Waals surface area contributed by atoms with Gasteiger partial charge in [0, 0.05) is 35.8 Å². The Morgan fingerprint density at radius 1 is 0.889 bits per heavy atom. The monoisotopic (exact) mass is 363 g/mol. The lowest BCUT2D eigenvalue weighted by Gasteiger charge is -2.22. The number of ketones is 2. The van der Waals surface area contributed by atoms with Gasteiger partial charge >= 0.3 is 0 Å². The molecule has 0 saturated carbocycles. The van der Waals surface area contributed by atoms with Gasteiger partial charge in [0.05, 0.1) is 25.5 Å². The van der Waals surface area contributed by atoms with Gasteiger partial charge in [-0.2, -0.15) is 0 Å². The predicted octanol–water partition coefficient (Wildman–Crippen LogP) is 3.77. The number of carbonyl (C=O) groups excluding carboxylic acids is 2. The first-order valence-corrected chi connectivity index (χ1v) is 9.05. The van der Waals surface area contributed by atoms with Crippen LogP contribution in [0.5, 0.6) is 11.5 Å². The summed E-state index contributed by atoms with van der Waals surface area (Å²) in [6.07, 6.45) is 3.91. The number of Topliss-reactive ketones (excluding diaryl/α,β-unsaturated/α-hetero) is 2. The summed E-state index contributed by atoms with van der Waals surface area (Å²) in [7, 11) is 3.21. The zero-order valence-corrected chi connectivity index (χ0v) is 15.5. The highest BCUT2D eigenvalue weighted by Crippen LogP contribution is 2.39. The van der Waals surface area contributed by atoms with Crippen molar-refractivity contribution in [1.29, 1.82) is 0 Å². The van der Waals surface area contributed by atoms with Gasteiger partial charge in [-0.3, -0.25) is 9.59 Å². The van der Waals surface area contributed by atoms with E-state index >= 15 is 0 Å². The molecule has 2 aromatic carbocycles. The van der Waals surface area contributed by atoms with Gasteiger partial charge in [-0.15, -0.1) is 0 Å². The minimum Gasteiger partial charge on any atom is -0.496 e. The molecule has 0 radical (unpaired) electrons. The van der Waals surface area contributed by atoms with Crippen molar-refractivity contribution in [2.45, 2.75) is 12.8 Å². The van der Waals surface area contributed by atoms with Crippen molar-refractivity contribution < 1.29 is 19.1 Å². The molecule has 0 N–H and O–H groups in total. The first kappa shape index (κ1) is 17.3. The molecule has 4 rings (SSSR count). The van der Waals surface area contributed by atoms with Gasteiger partial charge in [0.1, 0.15) is 11.5 Å². The molecule has 1 fully saturated rings. The standard InChI is InChI=1S/C22H21NO4/c1-26-19-13-18(23-9-5-6-10-23)20(27-2)12-14(19)11-17-21(24)15-7-3-4-8-16(15)22(17)25/h3-4,7-8,11-13H,5-6,9-10H2,1-2H3. The molecule has 138 valence electrons. The molecule has 0 spiro atoms. The summed E-state index contributed by atoms with van der Waals surface area (Å²) >= 11 is 0. The normalized spacial score (nSPS) is 15.9. The molecule has 1 aliphatic carbocycles. The van der Waals surface area contributed by atoms with Crippen molar-refractivity contribution in [3.63, 3.8) is 0 Å². The predicted molar refractivity (Wildman–Crippen MR) is 104 cm³/mol. The molecule has 2 aliphatic rings. The highest BCUT2D eigenvalue weighted by molar-refractivity contribution is 6.41. The lowest BCUT2D eigenvalue weighted by molar-refractivity contribution is 0.0990. The number of methoxy groups -OCH3 is 2. The van der Waals surface area contributed by atoms with Crippen LogP contribution in [0.2, 0.25) is 0 Å². The van der Waals surface area contributed by atoms with Crippen molar-refractivity contribution in [2.75, 3.05) is 32.2 Å². The number of allylic oxidation sites excluding steroid dienone is 1. The summed E-state index contributed by atoms with van der Waals surface area (Å²) in [4.78, 5) is 27.6. The van der Waals surface area contributed by atoms with Gasteiger partial charge in [-0.05, 0) is 25.0 Å². The minimum atomic E-state index is -0.250. The number of fused-ring (bicyclic) bond motifs is 1. The van der Waals surface area contributed by atoms with Crippen LogP contribution < -0.4 is 14.4 Å². The Morgan fingerprint density at radius 2 is 1.48 bits per heavy atom. The topological polar surface area (TPSA) is 55.8 Å². The highest BCUT2D eigenvalue weighted by Gasteiger charge is 2.33. The van der Waals surface area contributed by atoms with Gasteiger partial charge in [-0.1, -0.05) is 24.3 Å². The zero-order valence-electron chi connectivity index (χ0n) is 15.5. The summed E-state index contributed by atoms with van der Waals surface area (Å²) in [5.41, 5.74) is 2.69.